The minimum Gasteiger partial charge on any atom is -0.390 e. The Hall–Kier alpha value is -6.80. The third-order valence-corrected chi connectivity index (χ3v) is 14.0. The minimum atomic E-state index is -0.260. The van der Waals surface area contributed by atoms with Crippen LogP contribution in [0.25, 0.3) is 74.2 Å². The fourth-order valence-electron chi connectivity index (χ4n) is 8.90. The first-order chi connectivity index (χ1) is 29.0. The molecule has 10 aromatic rings. The first-order valence-electron chi connectivity index (χ1n) is 19.8. The molecule has 0 saturated carbocycles. The lowest BCUT2D eigenvalue weighted by molar-refractivity contribution is 0.660. The molecule has 1 aliphatic rings. The zero-order valence-electron chi connectivity index (χ0n) is 32.4. The summed E-state index contributed by atoms with van der Waals surface area (Å²) in [4.78, 5) is 20.8. The van der Waals surface area contributed by atoms with Crippen molar-refractivity contribution in [2.75, 3.05) is 0 Å². The molecule has 0 aliphatic heterocycles. The van der Waals surface area contributed by atoms with Crippen LogP contribution in [0.15, 0.2) is 174 Å². The number of fused-ring (bicyclic) bond motifs is 9. The number of aromatic nitrogens is 2. The zero-order valence-corrected chi connectivity index (χ0v) is 34.1. The van der Waals surface area contributed by atoms with Crippen LogP contribution in [0.1, 0.15) is 47.7 Å². The summed E-state index contributed by atoms with van der Waals surface area (Å²) in [5.74, 6) is 1.30. The zero-order chi connectivity index (χ0) is 39.7. The van der Waals surface area contributed by atoms with E-state index in [9.17, 15) is 0 Å². The molecular formula is C52H37N5S2. The van der Waals surface area contributed by atoms with Crippen LogP contribution < -0.4 is 5.73 Å². The second-order valence-electron chi connectivity index (χ2n) is 15.5. The van der Waals surface area contributed by atoms with E-state index in [0.29, 0.717) is 11.7 Å². The van der Waals surface area contributed by atoms with Crippen LogP contribution in [0.4, 0.5) is 0 Å². The Labute approximate surface area is 349 Å². The Morgan fingerprint density at radius 2 is 1.31 bits per heavy atom. The predicted molar refractivity (Wildman–Crippen MR) is 250 cm³/mol. The number of thiophene rings is 2. The Bertz CT molecular complexity index is 3280. The van der Waals surface area contributed by atoms with Gasteiger partial charge < -0.3 is 5.73 Å². The molecule has 0 atom stereocenters. The quantitative estimate of drug-likeness (QED) is 0.134. The molecule has 3 heterocycles. The molecule has 0 saturated heterocycles. The fraction of sp³-hybridized carbons (Fsp3) is 0.0769. The summed E-state index contributed by atoms with van der Waals surface area (Å²) >= 11 is 3.52. The molecule has 0 radical (unpaired) electrons. The number of amidine groups is 1. The van der Waals surface area contributed by atoms with Gasteiger partial charge in [-0.1, -0.05) is 153 Å². The highest BCUT2D eigenvalue weighted by Gasteiger charge is 2.35. The molecule has 11 rings (SSSR count). The van der Waals surface area contributed by atoms with Crippen LogP contribution in [0.5, 0.6) is 0 Å². The van der Waals surface area contributed by atoms with E-state index in [-0.39, 0.29) is 11.5 Å². The van der Waals surface area contributed by atoms with Gasteiger partial charge >= 0.3 is 0 Å². The number of nitrogens with two attached hydrogens (primary N) is 1. The number of hydrogen-bond donors (Lipinski definition) is 1. The molecule has 0 fully saturated rings. The largest absolute Gasteiger partial charge is 0.390 e. The van der Waals surface area contributed by atoms with Crippen LogP contribution in [0, 0.1) is 0 Å². The van der Waals surface area contributed by atoms with E-state index in [2.05, 4.69) is 141 Å². The van der Waals surface area contributed by atoms with Crippen molar-refractivity contribution in [2.45, 2.75) is 25.3 Å². The summed E-state index contributed by atoms with van der Waals surface area (Å²) in [6.07, 6.45) is 1.34. The topological polar surface area (TPSA) is 76.5 Å². The van der Waals surface area contributed by atoms with E-state index in [0.717, 1.165) is 69.3 Å². The van der Waals surface area contributed by atoms with Gasteiger partial charge in [0, 0.05) is 52.4 Å². The van der Waals surface area contributed by atoms with Crippen LogP contribution in [-0.2, 0) is 5.41 Å². The van der Waals surface area contributed by atoms with Crippen molar-refractivity contribution in [1.82, 2.24) is 9.97 Å². The van der Waals surface area contributed by atoms with E-state index in [1.807, 2.05) is 36.4 Å². The van der Waals surface area contributed by atoms with E-state index < -0.39 is 0 Å². The van der Waals surface area contributed by atoms with Crippen molar-refractivity contribution in [2.24, 2.45) is 15.7 Å². The highest BCUT2D eigenvalue weighted by atomic mass is 32.1. The van der Waals surface area contributed by atoms with Crippen LogP contribution in [0.3, 0.4) is 0 Å². The van der Waals surface area contributed by atoms with Gasteiger partial charge in [-0.2, -0.15) is 0 Å². The summed E-state index contributed by atoms with van der Waals surface area (Å²) in [5, 5.41) is 3.38. The Balaban J connectivity index is 1.07. The highest BCUT2D eigenvalue weighted by Crippen LogP contribution is 2.50. The van der Waals surface area contributed by atoms with Crippen molar-refractivity contribution in [3.8, 4) is 33.8 Å². The van der Waals surface area contributed by atoms with Gasteiger partial charge in [0.05, 0.1) is 22.2 Å². The summed E-state index contributed by atoms with van der Waals surface area (Å²) in [6.45, 7) is 4.66. The predicted octanol–water partition coefficient (Wildman–Crippen LogP) is 13.4. The van der Waals surface area contributed by atoms with Gasteiger partial charge in [-0.3, -0.25) is 4.99 Å². The molecule has 282 valence electrons. The molecule has 3 aromatic heterocycles. The molecule has 0 spiro atoms. The van der Waals surface area contributed by atoms with Crippen LogP contribution in [0.2, 0.25) is 0 Å². The Morgan fingerprint density at radius 1 is 0.610 bits per heavy atom. The summed E-state index contributed by atoms with van der Waals surface area (Å²) in [6, 6.07) is 57.6. The first-order valence-corrected chi connectivity index (χ1v) is 21.4. The van der Waals surface area contributed by atoms with Gasteiger partial charge in [-0.15, -0.1) is 22.7 Å². The summed E-state index contributed by atoms with van der Waals surface area (Å²) < 4.78 is 4.60. The second kappa shape index (κ2) is 13.9. The molecule has 0 unspecified atom stereocenters. The van der Waals surface area contributed by atoms with Gasteiger partial charge in [0.1, 0.15) is 6.04 Å². The lowest BCUT2D eigenvalue weighted by Gasteiger charge is -2.22. The molecule has 0 bridgehead atoms. The lowest BCUT2D eigenvalue weighted by Crippen LogP contribution is -2.14. The maximum Gasteiger partial charge on any atom is 0.160 e. The second-order valence-corrected chi connectivity index (χ2v) is 17.7. The Morgan fingerprint density at radius 3 is 2.10 bits per heavy atom. The van der Waals surface area contributed by atoms with Crippen LogP contribution in [-0.4, -0.2) is 22.1 Å². The average molecular weight is 796 g/mol. The maximum atomic E-state index is 6.03. The Kier molecular flexibility index (Phi) is 8.36. The molecule has 59 heavy (non-hydrogen) atoms. The first kappa shape index (κ1) is 35.4. The molecule has 7 aromatic carbocycles. The number of aliphatic imine (C=N–C) groups is 2. The molecule has 0 amide bonds. The SMILES string of the molecule is CC1(C)c2ccccc2-c2ccc(-c3nc(-c4ccc5c(c4)sc4cccc(C(N=CN)=NC(c6ccccc6)c6ccccc6)c45)nc4c3sc3ccccc34)cc21. The lowest BCUT2D eigenvalue weighted by atomic mass is 9.82. The van der Waals surface area contributed by atoms with E-state index >= 15 is 0 Å². The molecule has 7 heteroatoms. The van der Waals surface area contributed by atoms with Gasteiger partial charge in [-0.05, 0) is 57.6 Å². The smallest absolute Gasteiger partial charge is 0.160 e. The third kappa shape index (κ3) is 5.80. The van der Waals surface area contributed by atoms with Crippen molar-refractivity contribution in [1.29, 1.82) is 0 Å². The van der Waals surface area contributed by atoms with Crippen LogP contribution >= 0.6 is 22.7 Å². The molecule has 2 N–H and O–H groups in total. The van der Waals surface area contributed by atoms with E-state index in [4.69, 9.17) is 25.7 Å². The normalized spacial score (nSPS) is 13.6. The number of hydrogen-bond acceptors (Lipinski definition) is 5. The summed E-state index contributed by atoms with van der Waals surface area (Å²) in [5.41, 5.74) is 18.3. The van der Waals surface area contributed by atoms with E-state index in [1.165, 1.54) is 33.3 Å². The number of benzene rings is 7. The maximum absolute atomic E-state index is 6.03. The third-order valence-electron chi connectivity index (χ3n) is 11.8. The summed E-state index contributed by atoms with van der Waals surface area (Å²) in [7, 11) is 0. The van der Waals surface area contributed by atoms with Gasteiger partial charge in [-0.25, -0.2) is 15.0 Å². The van der Waals surface area contributed by atoms with Gasteiger partial charge in [0.15, 0.2) is 11.7 Å². The van der Waals surface area contributed by atoms with Gasteiger partial charge in [0.2, 0.25) is 0 Å². The highest BCUT2D eigenvalue weighted by molar-refractivity contribution is 7.26. The fourth-order valence-corrected chi connectivity index (χ4v) is 11.2. The van der Waals surface area contributed by atoms with Crippen molar-refractivity contribution in [3.05, 3.63) is 192 Å². The van der Waals surface area contributed by atoms with Gasteiger partial charge in [0.25, 0.3) is 0 Å². The standard InChI is InChI=1S/C52H37N5S2/c1-52(2)40-21-11-9-18-35(40)36-26-24-33(28-41(36)52)47-49-48(38-19-10-12-22-42(38)59-49)57-50(56-47)34-25-27-37-44(29-34)58-43-23-13-20-39(45(37)43)51(54-30-53)55-46(31-14-5-3-6-15-31)32-16-7-4-8-17-32/h3-30,46H,1-2H3,(H2,53,54,55). The monoisotopic (exact) mass is 795 g/mol. The van der Waals surface area contributed by atoms with Crippen molar-refractivity contribution >= 4 is 75.3 Å². The van der Waals surface area contributed by atoms with Crippen molar-refractivity contribution in [3.63, 3.8) is 0 Å². The molecule has 5 nitrogen and oxygen atoms in total. The van der Waals surface area contributed by atoms with E-state index in [1.54, 1.807) is 22.7 Å². The van der Waals surface area contributed by atoms with Crippen molar-refractivity contribution < 1.29 is 0 Å². The molecular weight excluding hydrogens is 759 g/mol. The molecule has 1 aliphatic carbocycles. The average Bonchev–Trinajstić information content (AvgIpc) is 3.92. The number of nitrogens with zero attached hydrogens (tertiary/aromatic N) is 4. The minimum absolute atomic E-state index is 0.119. The number of rotatable bonds is 6.